The third-order valence-electron chi connectivity index (χ3n) is 1.88. The number of hydrogen-bond donors (Lipinski definition) is 1. The van der Waals surface area contributed by atoms with Crippen LogP contribution >= 0.6 is 0 Å². The maximum absolute atomic E-state index is 11.3. The summed E-state index contributed by atoms with van der Waals surface area (Å²) in [6, 6.07) is 0. The van der Waals surface area contributed by atoms with E-state index in [2.05, 4.69) is 0 Å². The first-order valence-electron chi connectivity index (χ1n) is 4.15. The zero-order chi connectivity index (χ0) is 9.07. The van der Waals surface area contributed by atoms with Gasteiger partial charge in [0.1, 0.15) is 5.60 Å². The third-order valence-corrected chi connectivity index (χ3v) is 1.88. The fourth-order valence-corrected chi connectivity index (χ4v) is 0.788. The minimum Gasteiger partial charge on any atom is -0.382 e. The van der Waals surface area contributed by atoms with Gasteiger partial charge in [-0.15, -0.1) is 0 Å². The van der Waals surface area contributed by atoms with Crippen LogP contribution in [0, 0.1) is 5.92 Å². The normalized spacial score (nSPS) is 16.5. The van der Waals surface area contributed by atoms with Crippen molar-refractivity contribution in [1.29, 1.82) is 0 Å². The number of Topliss-reactive ketones (excluding diaryl/α,β-unsaturated/α-hetero) is 1. The lowest BCUT2D eigenvalue weighted by Gasteiger charge is -2.20. The van der Waals surface area contributed by atoms with Crippen LogP contribution in [0.3, 0.4) is 0 Å². The summed E-state index contributed by atoms with van der Waals surface area (Å²) in [5.41, 5.74) is -1.11. The predicted molar refractivity (Wildman–Crippen MR) is 45.4 cm³/mol. The van der Waals surface area contributed by atoms with E-state index >= 15 is 0 Å². The van der Waals surface area contributed by atoms with Crippen molar-refractivity contribution in [3.8, 4) is 0 Å². The number of rotatable bonds is 4. The van der Waals surface area contributed by atoms with E-state index < -0.39 is 5.60 Å². The Labute approximate surface area is 68.6 Å². The molecule has 1 N–H and O–H groups in total. The van der Waals surface area contributed by atoms with Crippen molar-refractivity contribution in [3.63, 3.8) is 0 Å². The number of hydrogen-bond acceptors (Lipinski definition) is 2. The molecular formula is C9H18O2. The second-order valence-electron chi connectivity index (χ2n) is 3.65. The number of carbonyl (C=O) groups excluding carboxylic acids is 1. The second-order valence-corrected chi connectivity index (χ2v) is 3.65. The molecule has 0 fully saturated rings. The van der Waals surface area contributed by atoms with Gasteiger partial charge in [-0.1, -0.05) is 20.8 Å². The number of aliphatic hydroxyl groups is 1. The van der Waals surface area contributed by atoms with E-state index in [-0.39, 0.29) is 5.78 Å². The molecule has 0 aliphatic carbocycles. The van der Waals surface area contributed by atoms with Gasteiger partial charge in [-0.25, -0.2) is 0 Å². The van der Waals surface area contributed by atoms with Crippen molar-refractivity contribution in [2.24, 2.45) is 5.92 Å². The topological polar surface area (TPSA) is 37.3 Å². The second kappa shape index (κ2) is 3.86. The summed E-state index contributed by atoms with van der Waals surface area (Å²) in [7, 11) is 0. The lowest BCUT2D eigenvalue weighted by Crippen LogP contribution is -2.34. The van der Waals surface area contributed by atoms with Crippen molar-refractivity contribution in [1.82, 2.24) is 0 Å². The van der Waals surface area contributed by atoms with Gasteiger partial charge in [-0.2, -0.15) is 0 Å². The van der Waals surface area contributed by atoms with Crippen molar-refractivity contribution < 1.29 is 9.90 Å². The van der Waals surface area contributed by atoms with Gasteiger partial charge in [0, 0.05) is 6.42 Å². The highest BCUT2D eigenvalue weighted by Gasteiger charge is 2.27. The van der Waals surface area contributed by atoms with Crippen molar-refractivity contribution >= 4 is 5.78 Å². The van der Waals surface area contributed by atoms with Gasteiger partial charge in [0.2, 0.25) is 0 Å². The van der Waals surface area contributed by atoms with Crippen LogP contribution in [-0.2, 0) is 4.79 Å². The van der Waals surface area contributed by atoms with Crippen LogP contribution in [0.2, 0.25) is 0 Å². The number of ketones is 1. The first-order chi connectivity index (χ1) is 4.90. The molecule has 0 aliphatic heterocycles. The number of carbonyl (C=O) groups is 1. The summed E-state index contributed by atoms with van der Waals surface area (Å²) in [6.07, 6.45) is 0.972. The lowest BCUT2D eigenvalue weighted by atomic mass is 9.92. The summed E-state index contributed by atoms with van der Waals surface area (Å²) in [5.74, 6) is 0.288. The molecule has 0 amide bonds. The van der Waals surface area contributed by atoms with Gasteiger partial charge in [0.25, 0.3) is 0 Å². The molecule has 2 heteroatoms. The Morgan fingerprint density at radius 3 is 2.27 bits per heavy atom. The molecule has 0 bridgehead atoms. The van der Waals surface area contributed by atoms with Crippen LogP contribution in [0.5, 0.6) is 0 Å². The molecule has 0 radical (unpaired) electrons. The Hall–Kier alpha value is -0.370. The van der Waals surface area contributed by atoms with E-state index in [9.17, 15) is 9.90 Å². The predicted octanol–water partition coefficient (Wildman–Crippen LogP) is 1.76. The molecule has 0 aromatic carbocycles. The molecule has 66 valence electrons. The van der Waals surface area contributed by atoms with E-state index in [0.29, 0.717) is 18.8 Å². The summed E-state index contributed by atoms with van der Waals surface area (Å²) >= 11 is 0. The van der Waals surface area contributed by atoms with Gasteiger partial charge < -0.3 is 5.11 Å². The first kappa shape index (κ1) is 10.6. The van der Waals surface area contributed by atoms with Crippen LogP contribution < -0.4 is 0 Å². The zero-order valence-corrected chi connectivity index (χ0v) is 7.85. The average molecular weight is 158 g/mol. The van der Waals surface area contributed by atoms with Crippen LogP contribution in [0.15, 0.2) is 0 Å². The maximum Gasteiger partial charge on any atom is 0.164 e. The first-order valence-corrected chi connectivity index (χ1v) is 4.15. The highest BCUT2D eigenvalue weighted by Crippen LogP contribution is 2.15. The highest BCUT2D eigenvalue weighted by atomic mass is 16.3. The molecule has 0 aromatic rings. The minimum absolute atomic E-state index is 0.0463. The Bertz CT molecular complexity index is 136. The molecule has 11 heavy (non-hydrogen) atoms. The molecule has 0 aliphatic rings. The molecule has 0 spiro atoms. The molecule has 2 nitrogen and oxygen atoms in total. The molecule has 0 rings (SSSR count). The molecule has 0 saturated heterocycles. The summed E-state index contributed by atoms with van der Waals surface area (Å²) < 4.78 is 0. The van der Waals surface area contributed by atoms with E-state index in [1.165, 1.54) is 0 Å². The lowest BCUT2D eigenvalue weighted by molar-refractivity contribution is -0.136. The van der Waals surface area contributed by atoms with Crippen LogP contribution in [0.4, 0.5) is 0 Å². The van der Waals surface area contributed by atoms with E-state index in [1.54, 1.807) is 6.92 Å². The van der Waals surface area contributed by atoms with Gasteiger partial charge in [-0.05, 0) is 19.3 Å². The third kappa shape index (κ3) is 3.51. The smallest absolute Gasteiger partial charge is 0.164 e. The van der Waals surface area contributed by atoms with Crippen LogP contribution in [-0.4, -0.2) is 16.5 Å². The van der Waals surface area contributed by atoms with Gasteiger partial charge in [0.15, 0.2) is 5.78 Å². The molecule has 0 saturated carbocycles. The molecule has 1 atom stereocenters. The van der Waals surface area contributed by atoms with Gasteiger partial charge >= 0.3 is 0 Å². The summed E-state index contributed by atoms with van der Waals surface area (Å²) in [6.45, 7) is 7.35. The summed E-state index contributed by atoms with van der Waals surface area (Å²) in [5, 5.41) is 9.49. The zero-order valence-electron chi connectivity index (χ0n) is 7.85. The average Bonchev–Trinajstić information content (AvgIpc) is 1.86. The standard InChI is InChI=1S/C9H18O2/c1-5-9(4,11)8(10)6-7(2)3/h7,11H,5-6H2,1-4H3. The molecule has 0 aromatic heterocycles. The van der Waals surface area contributed by atoms with Crippen molar-refractivity contribution in [2.75, 3.05) is 0 Å². The maximum atomic E-state index is 11.3. The Kier molecular flexibility index (Phi) is 3.73. The van der Waals surface area contributed by atoms with E-state index in [4.69, 9.17) is 0 Å². The summed E-state index contributed by atoms with van der Waals surface area (Å²) in [4.78, 5) is 11.3. The SMILES string of the molecule is CCC(C)(O)C(=O)CC(C)C. The fraction of sp³-hybridized carbons (Fsp3) is 0.889. The van der Waals surface area contributed by atoms with Crippen LogP contribution in [0.1, 0.15) is 40.5 Å². The Balaban J connectivity index is 4.02. The Morgan fingerprint density at radius 1 is 1.55 bits per heavy atom. The quantitative estimate of drug-likeness (QED) is 0.677. The van der Waals surface area contributed by atoms with Crippen LogP contribution in [0.25, 0.3) is 0 Å². The van der Waals surface area contributed by atoms with Crippen molar-refractivity contribution in [2.45, 2.75) is 46.1 Å². The van der Waals surface area contributed by atoms with Crippen molar-refractivity contribution in [3.05, 3.63) is 0 Å². The fourth-order valence-electron chi connectivity index (χ4n) is 0.788. The van der Waals surface area contributed by atoms with Gasteiger partial charge in [0.05, 0.1) is 0 Å². The Morgan fingerprint density at radius 2 is 2.00 bits per heavy atom. The van der Waals surface area contributed by atoms with E-state index in [0.717, 1.165) is 0 Å². The molecule has 0 heterocycles. The van der Waals surface area contributed by atoms with Gasteiger partial charge in [-0.3, -0.25) is 4.79 Å². The highest BCUT2D eigenvalue weighted by molar-refractivity contribution is 5.86. The van der Waals surface area contributed by atoms with E-state index in [1.807, 2.05) is 20.8 Å². The molecular weight excluding hydrogens is 140 g/mol. The largest absolute Gasteiger partial charge is 0.382 e. The minimum atomic E-state index is -1.11. The monoisotopic (exact) mass is 158 g/mol. The molecule has 1 unspecified atom stereocenters.